The van der Waals surface area contributed by atoms with Gasteiger partial charge < -0.3 is 15.8 Å². The van der Waals surface area contributed by atoms with Crippen molar-refractivity contribution in [1.29, 1.82) is 0 Å². The van der Waals surface area contributed by atoms with Gasteiger partial charge in [-0.2, -0.15) is 0 Å². The molecule has 1 fully saturated rings. The number of amides is 1. The Labute approximate surface area is 98.5 Å². The van der Waals surface area contributed by atoms with Gasteiger partial charge in [-0.1, -0.05) is 18.2 Å². The summed E-state index contributed by atoms with van der Waals surface area (Å²) in [6, 6.07) is 9.57. The summed E-state index contributed by atoms with van der Waals surface area (Å²) in [4.78, 5) is 11.4. The number of nitrogens with two attached hydrogens (primary N) is 1. The minimum absolute atomic E-state index is 0.00848. The maximum Gasteiger partial charge on any atom is 0.235 e. The summed E-state index contributed by atoms with van der Waals surface area (Å²) >= 11 is 1.45. The number of carbonyl (C=O) groups excluding carboxylic acids is 1. The zero-order chi connectivity index (χ0) is 11.4. The molecule has 4 nitrogen and oxygen atoms in total. The Kier molecular flexibility index (Phi) is 3.69. The summed E-state index contributed by atoms with van der Waals surface area (Å²) in [6.07, 6.45) is 0.680. The van der Waals surface area contributed by atoms with E-state index in [0.717, 1.165) is 5.75 Å². The van der Waals surface area contributed by atoms with Gasteiger partial charge in [0.15, 0.2) is 0 Å². The molecule has 1 aromatic carbocycles. The summed E-state index contributed by atoms with van der Waals surface area (Å²) in [5.41, 5.74) is 5.32. The summed E-state index contributed by atoms with van der Waals surface area (Å²) in [6.45, 7) is 0.530. The van der Waals surface area contributed by atoms with Gasteiger partial charge in [0.2, 0.25) is 5.91 Å². The molecule has 86 valence electrons. The van der Waals surface area contributed by atoms with Crippen LogP contribution in [0.3, 0.4) is 0 Å². The molecule has 2 rings (SSSR count). The van der Waals surface area contributed by atoms with Gasteiger partial charge in [0.25, 0.3) is 0 Å². The molecule has 1 aliphatic heterocycles. The normalized spacial score (nSPS) is 24.2. The fraction of sp³-hybridized carbons (Fsp3) is 0.364. The van der Waals surface area contributed by atoms with E-state index in [2.05, 4.69) is 5.32 Å². The number of hydrogen-bond donors (Lipinski definition) is 2. The van der Waals surface area contributed by atoms with Crippen molar-refractivity contribution in [3.63, 3.8) is 0 Å². The lowest BCUT2D eigenvalue weighted by Crippen LogP contribution is -2.33. The topological polar surface area (TPSA) is 64.3 Å². The average molecular weight is 238 g/mol. The number of para-hydroxylation sites is 1. The monoisotopic (exact) mass is 238 g/mol. The van der Waals surface area contributed by atoms with Crippen LogP contribution in [-0.4, -0.2) is 23.3 Å². The summed E-state index contributed by atoms with van der Waals surface area (Å²) < 4.78 is 5.52. The number of benzene rings is 1. The van der Waals surface area contributed by atoms with Gasteiger partial charge in [0.1, 0.15) is 11.2 Å². The molecule has 0 aliphatic carbocycles. The van der Waals surface area contributed by atoms with Crippen molar-refractivity contribution < 1.29 is 9.53 Å². The second-order valence-electron chi connectivity index (χ2n) is 3.50. The first kappa shape index (κ1) is 11.3. The Morgan fingerprint density at radius 2 is 2.12 bits per heavy atom. The predicted molar refractivity (Wildman–Crippen MR) is 64.1 cm³/mol. The third-order valence-corrected chi connectivity index (χ3v) is 3.47. The van der Waals surface area contributed by atoms with E-state index in [1.165, 1.54) is 11.8 Å². The Balaban J connectivity index is 1.74. The summed E-state index contributed by atoms with van der Waals surface area (Å²) in [5, 5.41) is 2.58. The van der Waals surface area contributed by atoms with E-state index in [1.807, 2.05) is 30.3 Å². The van der Waals surface area contributed by atoms with Crippen LogP contribution in [0, 0.1) is 0 Å². The SMILES string of the molecule is NC1NC(=O)C(CCOc2ccccc2)S1. The highest BCUT2D eigenvalue weighted by Crippen LogP contribution is 2.23. The molecule has 3 N–H and O–H groups in total. The molecular weight excluding hydrogens is 224 g/mol. The van der Waals surface area contributed by atoms with Gasteiger partial charge in [0, 0.05) is 6.42 Å². The highest BCUT2D eigenvalue weighted by molar-refractivity contribution is 8.01. The second-order valence-corrected chi connectivity index (χ2v) is 4.85. The third-order valence-electron chi connectivity index (χ3n) is 2.28. The number of thioether (sulfide) groups is 1. The second kappa shape index (κ2) is 5.23. The van der Waals surface area contributed by atoms with Crippen LogP contribution >= 0.6 is 11.8 Å². The van der Waals surface area contributed by atoms with Crippen LogP contribution in [0.4, 0.5) is 0 Å². The van der Waals surface area contributed by atoms with Gasteiger partial charge in [-0.15, -0.1) is 11.8 Å². The highest BCUT2D eigenvalue weighted by atomic mass is 32.2. The van der Waals surface area contributed by atoms with Gasteiger partial charge in [-0.3, -0.25) is 4.79 Å². The molecule has 0 aromatic heterocycles. The maximum atomic E-state index is 11.4. The van der Waals surface area contributed by atoms with E-state index in [-0.39, 0.29) is 16.7 Å². The number of hydrogen-bond acceptors (Lipinski definition) is 4. The minimum Gasteiger partial charge on any atom is -0.494 e. The molecule has 16 heavy (non-hydrogen) atoms. The molecule has 2 unspecified atom stereocenters. The molecule has 0 spiro atoms. The number of rotatable bonds is 4. The molecule has 1 amide bonds. The van der Waals surface area contributed by atoms with Crippen molar-refractivity contribution in [1.82, 2.24) is 5.32 Å². The molecule has 5 heteroatoms. The first-order chi connectivity index (χ1) is 7.75. The fourth-order valence-electron chi connectivity index (χ4n) is 1.51. The summed E-state index contributed by atoms with van der Waals surface area (Å²) in [7, 11) is 0. The van der Waals surface area contributed by atoms with E-state index in [9.17, 15) is 4.79 Å². The fourth-order valence-corrected chi connectivity index (χ4v) is 2.47. The largest absolute Gasteiger partial charge is 0.494 e. The highest BCUT2D eigenvalue weighted by Gasteiger charge is 2.29. The lowest BCUT2D eigenvalue weighted by Gasteiger charge is -2.08. The third kappa shape index (κ3) is 2.90. The van der Waals surface area contributed by atoms with Crippen molar-refractivity contribution in [2.75, 3.05) is 6.61 Å². The first-order valence-electron chi connectivity index (χ1n) is 5.15. The van der Waals surface area contributed by atoms with Crippen LogP contribution in [0.2, 0.25) is 0 Å². The molecule has 1 heterocycles. The van der Waals surface area contributed by atoms with Gasteiger partial charge in [0.05, 0.1) is 11.9 Å². The predicted octanol–water partition coefficient (Wildman–Crippen LogP) is 0.929. The Morgan fingerprint density at radius 1 is 1.38 bits per heavy atom. The lowest BCUT2D eigenvalue weighted by atomic mass is 10.3. The maximum absolute atomic E-state index is 11.4. The van der Waals surface area contributed by atoms with Crippen LogP contribution in [0.5, 0.6) is 5.75 Å². The standard InChI is InChI=1S/C11H14N2O2S/c12-11-13-10(14)9(16-11)6-7-15-8-4-2-1-3-5-8/h1-5,9,11H,6-7,12H2,(H,13,14). The number of carbonyl (C=O) groups is 1. The molecular formula is C11H14N2O2S. The van der Waals surface area contributed by atoms with Crippen molar-refractivity contribution in [2.24, 2.45) is 5.73 Å². The Bertz CT molecular complexity index is 358. The van der Waals surface area contributed by atoms with E-state index in [1.54, 1.807) is 0 Å². The molecule has 2 atom stereocenters. The van der Waals surface area contributed by atoms with Crippen molar-refractivity contribution in [3.05, 3.63) is 30.3 Å². The van der Waals surface area contributed by atoms with Gasteiger partial charge in [-0.05, 0) is 12.1 Å². The molecule has 1 saturated heterocycles. The number of ether oxygens (including phenoxy) is 1. The quantitative estimate of drug-likeness (QED) is 0.819. The van der Waals surface area contributed by atoms with Gasteiger partial charge >= 0.3 is 0 Å². The number of nitrogens with one attached hydrogen (secondary N) is 1. The molecule has 0 bridgehead atoms. The molecule has 0 saturated carbocycles. The van der Waals surface area contributed by atoms with Crippen LogP contribution in [0.1, 0.15) is 6.42 Å². The van der Waals surface area contributed by atoms with Crippen LogP contribution < -0.4 is 15.8 Å². The Morgan fingerprint density at radius 3 is 2.75 bits per heavy atom. The van der Waals surface area contributed by atoms with E-state index >= 15 is 0 Å². The minimum atomic E-state index is -0.269. The summed E-state index contributed by atoms with van der Waals surface area (Å²) in [5.74, 6) is 0.837. The Hall–Kier alpha value is -1.20. The zero-order valence-electron chi connectivity index (χ0n) is 8.76. The molecule has 1 aliphatic rings. The lowest BCUT2D eigenvalue weighted by molar-refractivity contribution is -0.120. The van der Waals surface area contributed by atoms with Crippen molar-refractivity contribution in [3.8, 4) is 5.75 Å². The average Bonchev–Trinajstić information content (AvgIpc) is 2.59. The van der Waals surface area contributed by atoms with Crippen LogP contribution in [0.25, 0.3) is 0 Å². The first-order valence-corrected chi connectivity index (χ1v) is 6.09. The van der Waals surface area contributed by atoms with E-state index in [0.29, 0.717) is 13.0 Å². The van der Waals surface area contributed by atoms with Gasteiger partial charge in [-0.25, -0.2) is 0 Å². The molecule has 1 aromatic rings. The van der Waals surface area contributed by atoms with Crippen LogP contribution in [-0.2, 0) is 4.79 Å². The van der Waals surface area contributed by atoms with Crippen molar-refractivity contribution in [2.45, 2.75) is 17.2 Å². The zero-order valence-corrected chi connectivity index (χ0v) is 9.57. The smallest absolute Gasteiger partial charge is 0.235 e. The van der Waals surface area contributed by atoms with E-state index < -0.39 is 0 Å². The molecule has 0 radical (unpaired) electrons. The van der Waals surface area contributed by atoms with Crippen LogP contribution in [0.15, 0.2) is 30.3 Å². The van der Waals surface area contributed by atoms with E-state index in [4.69, 9.17) is 10.5 Å². The van der Waals surface area contributed by atoms with Crippen molar-refractivity contribution >= 4 is 17.7 Å².